The van der Waals surface area contributed by atoms with Crippen molar-refractivity contribution in [3.05, 3.63) is 29.3 Å². The van der Waals surface area contributed by atoms with Crippen LogP contribution in [0.15, 0.2) is 28.1 Å². The van der Waals surface area contributed by atoms with Crippen LogP contribution in [0.5, 0.6) is 0 Å². The van der Waals surface area contributed by atoms with Gasteiger partial charge in [-0.25, -0.2) is 13.4 Å². The van der Waals surface area contributed by atoms with E-state index >= 15 is 0 Å². The van der Waals surface area contributed by atoms with Crippen molar-refractivity contribution in [3.8, 4) is 0 Å². The molecule has 0 bridgehead atoms. The number of aryl methyl sites for hydroxylation is 1. The molecule has 8 heteroatoms. The maximum absolute atomic E-state index is 11.0. The number of hydrogen-bond donors (Lipinski definition) is 2. The van der Waals surface area contributed by atoms with Crippen LogP contribution in [0, 0.1) is 6.92 Å². The smallest absolute Gasteiger partial charge is 0.191 e. The lowest BCUT2D eigenvalue weighted by atomic mass is 10.1. The molecule has 1 rings (SSSR count). The quantitative estimate of drug-likeness (QED) is 0.276. The predicted octanol–water partition coefficient (Wildman–Crippen LogP) is 1.83. The van der Waals surface area contributed by atoms with Crippen LogP contribution in [-0.4, -0.2) is 58.9 Å². The van der Waals surface area contributed by atoms with Gasteiger partial charge in [-0.1, -0.05) is 12.1 Å². The van der Waals surface area contributed by atoms with E-state index in [0.29, 0.717) is 19.7 Å². The van der Waals surface area contributed by atoms with E-state index in [1.165, 1.54) is 22.3 Å². The van der Waals surface area contributed by atoms with Crippen molar-refractivity contribution in [2.75, 3.05) is 44.6 Å². The molecule has 0 saturated heterocycles. The number of hydrogen-bond acceptors (Lipinski definition) is 5. The topological polar surface area (TPSA) is 79.8 Å². The highest BCUT2D eigenvalue weighted by atomic mass is 32.2. The van der Waals surface area contributed by atoms with Crippen LogP contribution in [0.2, 0.25) is 0 Å². The van der Waals surface area contributed by atoms with E-state index in [1.807, 2.05) is 6.92 Å². The Bertz CT molecular complexity index is 661. The number of sulfone groups is 1. The number of nitrogens with zero attached hydrogens (tertiary/aromatic N) is 1. The van der Waals surface area contributed by atoms with Gasteiger partial charge in [0.15, 0.2) is 5.96 Å². The fourth-order valence-electron chi connectivity index (χ4n) is 2.04. The summed E-state index contributed by atoms with van der Waals surface area (Å²) < 4.78 is 27.4. The Balaban J connectivity index is 2.49. The van der Waals surface area contributed by atoms with Gasteiger partial charge < -0.3 is 15.4 Å². The first-order chi connectivity index (χ1) is 11.9. The van der Waals surface area contributed by atoms with Gasteiger partial charge in [0.25, 0.3) is 0 Å². The van der Waals surface area contributed by atoms with Crippen LogP contribution < -0.4 is 10.6 Å². The lowest BCUT2D eigenvalue weighted by molar-refractivity contribution is 0.154. The lowest BCUT2D eigenvalue weighted by Crippen LogP contribution is -2.39. The van der Waals surface area contributed by atoms with Crippen molar-refractivity contribution < 1.29 is 13.2 Å². The number of aliphatic imine (C=N–C) groups is 1. The van der Waals surface area contributed by atoms with E-state index in [2.05, 4.69) is 47.0 Å². The average molecular weight is 388 g/mol. The fraction of sp³-hybridized carbons (Fsp3) is 0.588. The van der Waals surface area contributed by atoms with Crippen LogP contribution >= 0.6 is 11.8 Å². The van der Waals surface area contributed by atoms with Crippen LogP contribution in [0.4, 0.5) is 0 Å². The number of nitrogens with one attached hydrogen (secondary N) is 2. The van der Waals surface area contributed by atoms with Crippen molar-refractivity contribution in [2.24, 2.45) is 4.99 Å². The molecule has 6 nitrogen and oxygen atoms in total. The van der Waals surface area contributed by atoms with Crippen molar-refractivity contribution in [1.82, 2.24) is 10.6 Å². The Kier molecular flexibility index (Phi) is 9.92. The summed E-state index contributed by atoms with van der Waals surface area (Å²) in [5.41, 5.74) is 2.44. The van der Waals surface area contributed by atoms with Crippen LogP contribution in [0.25, 0.3) is 0 Å². The molecule has 0 aromatic heterocycles. The number of thioether (sulfide) groups is 1. The third kappa shape index (κ3) is 9.72. The van der Waals surface area contributed by atoms with Crippen molar-refractivity contribution >= 4 is 27.6 Å². The fourth-order valence-corrected chi connectivity index (χ4v) is 3.16. The molecule has 142 valence electrons. The van der Waals surface area contributed by atoms with Gasteiger partial charge in [-0.3, -0.25) is 0 Å². The van der Waals surface area contributed by atoms with Gasteiger partial charge in [-0.05, 0) is 37.3 Å². The molecule has 0 unspecified atom stereocenters. The second kappa shape index (κ2) is 11.4. The molecule has 0 heterocycles. The number of benzene rings is 1. The summed E-state index contributed by atoms with van der Waals surface area (Å²) in [4.78, 5) is 5.85. The highest BCUT2D eigenvalue weighted by Crippen LogP contribution is 2.22. The Labute approximate surface area is 155 Å². The first kappa shape index (κ1) is 21.8. The van der Waals surface area contributed by atoms with Crippen molar-refractivity contribution in [1.29, 1.82) is 0 Å². The number of ether oxygens (including phenoxy) is 1. The first-order valence-electron chi connectivity index (χ1n) is 8.27. The van der Waals surface area contributed by atoms with Crippen LogP contribution in [0.1, 0.15) is 18.1 Å². The van der Waals surface area contributed by atoms with Crippen LogP contribution in [-0.2, 0) is 21.1 Å². The third-order valence-electron chi connectivity index (χ3n) is 3.33. The molecule has 1 aromatic carbocycles. The van der Waals surface area contributed by atoms with Crippen molar-refractivity contribution in [2.45, 2.75) is 25.3 Å². The van der Waals surface area contributed by atoms with E-state index in [4.69, 9.17) is 4.74 Å². The molecule has 2 N–H and O–H groups in total. The molecule has 0 radical (unpaired) electrons. The van der Waals surface area contributed by atoms with Gasteiger partial charge in [0.2, 0.25) is 0 Å². The zero-order valence-corrected chi connectivity index (χ0v) is 17.1. The minimum Gasteiger partial charge on any atom is -0.379 e. The molecule has 0 atom stereocenters. The Morgan fingerprint density at radius 1 is 1.28 bits per heavy atom. The second-order valence-electron chi connectivity index (χ2n) is 5.68. The first-order valence-corrected chi connectivity index (χ1v) is 11.6. The van der Waals surface area contributed by atoms with Gasteiger partial charge in [-0.2, -0.15) is 0 Å². The molecule has 0 spiro atoms. The normalized spacial score (nSPS) is 12.2. The van der Waals surface area contributed by atoms with E-state index in [1.54, 1.807) is 11.8 Å². The summed E-state index contributed by atoms with van der Waals surface area (Å²) in [5.74, 6) is 0.772. The Morgan fingerprint density at radius 3 is 2.68 bits per heavy atom. The second-order valence-corrected chi connectivity index (χ2v) is 8.79. The zero-order chi connectivity index (χ0) is 18.7. The number of rotatable bonds is 10. The van der Waals surface area contributed by atoms with Gasteiger partial charge >= 0.3 is 0 Å². The molecule has 1 aromatic rings. The molecule has 0 fully saturated rings. The van der Waals surface area contributed by atoms with Gasteiger partial charge in [0.1, 0.15) is 9.84 Å². The standard InChI is InChI=1S/C17H29N3O3S2/c1-5-18-17(19-8-9-23-10-11-25(4,21)22)20-13-15-7-6-14(2)12-16(15)24-3/h6-7,12H,5,8-11,13H2,1-4H3,(H2,18,19,20). The zero-order valence-electron chi connectivity index (χ0n) is 15.5. The maximum Gasteiger partial charge on any atom is 0.191 e. The Hall–Kier alpha value is -1.25. The third-order valence-corrected chi connectivity index (χ3v) is 5.06. The largest absolute Gasteiger partial charge is 0.379 e. The predicted molar refractivity (Wildman–Crippen MR) is 106 cm³/mol. The molecular formula is C17H29N3O3S2. The lowest BCUT2D eigenvalue weighted by Gasteiger charge is -2.12. The minimum atomic E-state index is -2.97. The van der Waals surface area contributed by atoms with Crippen LogP contribution in [0.3, 0.4) is 0 Å². The van der Waals surface area contributed by atoms with E-state index in [-0.39, 0.29) is 12.4 Å². The number of guanidine groups is 1. The SMILES string of the molecule is CCNC(=NCc1ccc(C)cc1SC)NCCOCCS(C)(=O)=O. The summed E-state index contributed by atoms with van der Waals surface area (Å²) in [6, 6.07) is 6.38. The Morgan fingerprint density at radius 2 is 2.04 bits per heavy atom. The van der Waals surface area contributed by atoms with Crippen molar-refractivity contribution in [3.63, 3.8) is 0 Å². The summed E-state index contributed by atoms with van der Waals surface area (Å²) in [7, 11) is -2.97. The molecule has 0 saturated carbocycles. The summed E-state index contributed by atoms with van der Waals surface area (Å²) in [6.07, 6.45) is 3.28. The molecular weight excluding hydrogens is 358 g/mol. The van der Waals surface area contributed by atoms with E-state index < -0.39 is 9.84 Å². The average Bonchev–Trinajstić information content (AvgIpc) is 2.55. The van der Waals surface area contributed by atoms with Gasteiger partial charge in [0, 0.05) is 24.2 Å². The maximum atomic E-state index is 11.0. The molecule has 0 aliphatic rings. The molecule has 0 aliphatic heterocycles. The summed E-state index contributed by atoms with van der Waals surface area (Å²) >= 11 is 1.72. The van der Waals surface area contributed by atoms with E-state index in [0.717, 1.165) is 12.5 Å². The summed E-state index contributed by atoms with van der Waals surface area (Å²) in [6.45, 7) is 6.68. The highest BCUT2D eigenvalue weighted by molar-refractivity contribution is 7.98. The van der Waals surface area contributed by atoms with E-state index in [9.17, 15) is 8.42 Å². The molecule has 0 aliphatic carbocycles. The van der Waals surface area contributed by atoms with Gasteiger partial charge in [-0.15, -0.1) is 11.8 Å². The summed E-state index contributed by atoms with van der Waals surface area (Å²) in [5, 5.41) is 6.39. The molecule has 25 heavy (non-hydrogen) atoms. The minimum absolute atomic E-state index is 0.0477. The monoisotopic (exact) mass is 387 g/mol. The molecule has 0 amide bonds. The van der Waals surface area contributed by atoms with Gasteiger partial charge in [0.05, 0.1) is 25.5 Å². The highest BCUT2D eigenvalue weighted by Gasteiger charge is 2.04.